The van der Waals surface area contributed by atoms with Crippen LogP contribution in [0.3, 0.4) is 0 Å². The van der Waals surface area contributed by atoms with Crippen molar-refractivity contribution in [2.45, 2.75) is 13.3 Å². The van der Waals surface area contributed by atoms with Gasteiger partial charge in [-0.3, -0.25) is 4.68 Å². The summed E-state index contributed by atoms with van der Waals surface area (Å²) >= 11 is 0. The Morgan fingerprint density at radius 2 is 2.07 bits per heavy atom. The van der Waals surface area contributed by atoms with Crippen LogP contribution in [0, 0.1) is 11.6 Å². The van der Waals surface area contributed by atoms with Crippen molar-refractivity contribution in [1.82, 2.24) is 9.78 Å². The molecule has 0 amide bonds. The van der Waals surface area contributed by atoms with E-state index in [4.69, 9.17) is 0 Å². The average molecular weight is 196 g/mol. The topological polar surface area (TPSA) is 17.8 Å². The largest absolute Gasteiger partial charge is 0.265 e. The van der Waals surface area contributed by atoms with Crippen LogP contribution in [0.4, 0.5) is 8.78 Å². The van der Waals surface area contributed by atoms with E-state index in [1.807, 2.05) is 6.92 Å². The molecule has 0 spiro atoms. The summed E-state index contributed by atoms with van der Waals surface area (Å²) < 4.78 is 27.8. The summed E-state index contributed by atoms with van der Waals surface area (Å²) in [7, 11) is 1.66. The van der Waals surface area contributed by atoms with Crippen molar-refractivity contribution < 1.29 is 8.78 Å². The molecule has 0 radical (unpaired) electrons. The molecule has 0 aliphatic carbocycles. The molecular weight excluding hydrogens is 186 g/mol. The van der Waals surface area contributed by atoms with Crippen LogP contribution in [-0.2, 0) is 13.5 Å². The average Bonchev–Trinajstić information content (AvgIpc) is 2.42. The Morgan fingerprint density at radius 1 is 1.36 bits per heavy atom. The van der Waals surface area contributed by atoms with Crippen molar-refractivity contribution in [3.63, 3.8) is 0 Å². The van der Waals surface area contributed by atoms with Gasteiger partial charge in [0.05, 0.1) is 5.69 Å². The Bertz CT molecular complexity index is 488. The summed E-state index contributed by atoms with van der Waals surface area (Å²) in [5.41, 5.74) is 1.09. The number of hydrogen-bond donors (Lipinski definition) is 0. The van der Waals surface area contributed by atoms with E-state index in [0.29, 0.717) is 17.3 Å². The second-order valence-electron chi connectivity index (χ2n) is 3.21. The number of halogens is 2. The molecule has 0 aliphatic rings. The molecule has 2 aromatic rings. The van der Waals surface area contributed by atoms with Crippen molar-refractivity contribution >= 4 is 10.9 Å². The second-order valence-corrected chi connectivity index (χ2v) is 3.21. The van der Waals surface area contributed by atoms with Crippen molar-refractivity contribution in [3.05, 3.63) is 29.5 Å². The first kappa shape index (κ1) is 9.12. The molecular formula is C10H10F2N2. The van der Waals surface area contributed by atoms with Gasteiger partial charge >= 0.3 is 0 Å². The molecule has 2 nitrogen and oxygen atoms in total. The molecule has 14 heavy (non-hydrogen) atoms. The van der Waals surface area contributed by atoms with Gasteiger partial charge in [0.1, 0.15) is 11.3 Å². The standard InChI is InChI=1S/C10H10F2N2/c1-3-9-7-4-6(11)5-8(12)10(7)14(2)13-9/h4-5H,3H2,1-2H3. The molecule has 4 heteroatoms. The fourth-order valence-corrected chi connectivity index (χ4v) is 1.66. The highest BCUT2D eigenvalue weighted by atomic mass is 19.1. The lowest BCUT2D eigenvalue weighted by Gasteiger charge is -1.96. The van der Waals surface area contributed by atoms with Gasteiger partial charge in [-0.25, -0.2) is 8.78 Å². The zero-order chi connectivity index (χ0) is 10.3. The molecule has 0 aliphatic heterocycles. The number of aryl methyl sites for hydroxylation is 2. The highest BCUT2D eigenvalue weighted by Gasteiger charge is 2.12. The van der Waals surface area contributed by atoms with Crippen LogP contribution in [0.2, 0.25) is 0 Å². The lowest BCUT2D eigenvalue weighted by atomic mass is 10.1. The van der Waals surface area contributed by atoms with Crippen LogP contribution in [-0.4, -0.2) is 9.78 Å². The zero-order valence-electron chi connectivity index (χ0n) is 8.01. The van der Waals surface area contributed by atoms with Crippen LogP contribution in [0.15, 0.2) is 12.1 Å². The molecule has 2 rings (SSSR count). The Kier molecular flexibility index (Phi) is 1.98. The molecule has 0 bridgehead atoms. The fraction of sp³-hybridized carbons (Fsp3) is 0.300. The van der Waals surface area contributed by atoms with Gasteiger partial charge in [0, 0.05) is 18.5 Å². The van der Waals surface area contributed by atoms with Gasteiger partial charge in [-0.15, -0.1) is 0 Å². The minimum Gasteiger partial charge on any atom is -0.265 e. The van der Waals surface area contributed by atoms with Crippen molar-refractivity contribution in [2.75, 3.05) is 0 Å². The third-order valence-corrected chi connectivity index (χ3v) is 2.27. The molecule has 1 heterocycles. The van der Waals surface area contributed by atoms with Crippen LogP contribution >= 0.6 is 0 Å². The molecule has 74 valence electrons. The van der Waals surface area contributed by atoms with E-state index >= 15 is 0 Å². The van der Waals surface area contributed by atoms with E-state index in [2.05, 4.69) is 5.10 Å². The number of hydrogen-bond acceptors (Lipinski definition) is 1. The molecule has 0 atom stereocenters. The monoisotopic (exact) mass is 196 g/mol. The number of benzene rings is 1. The number of aromatic nitrogens is 2. The van der Waals surface area contributed by atoms with Crippen molar-refractivity contribution in [3.8, 4) is 0 Å². The molecule has 0 saturated heterocycles. The maximum atomic E-state index is 13.4. The van der Waals surface area contributed by atoms with Gasteiger partial charge in [0.15, 0.2) is 5.82 Å². The number of nitrogens with zero attached hydrogens (tertiary/aromatic N) is 2. The molecule has 0 fully saturated rings. The van der Waals surface area contributed by atoms with Gasteiger partial charge in [0.2, 0.25) is 0 Å². The quantitative estimate of drug-likeness (QED) is 0.684. The van der Waals surface area contributed by atoms with E-state index in [0.717, 1.165) is 11.8 Å². The molecule has 0 N–H and O–H groups in total. The van der Waals surface area contributed by atoms with Crippen LogP contribution in [0.5, 0.6) is 0 Å². The zero-order valence-corrected chi connectivity index (χ0v) is 8.01. The van der Waals surface area contributed by atoms with Crippen LogP contribution in [0.25, 0.3) is 10.9 Å². The molecule has 1 aromatic heterocycles. The lowest BCUT2D eigenvalue weighted by molar-refractivity contribution is 0.586. The highest BCUT2D eigenvalue weighted by Crippen LogP contribution is 2.22. The summed E-state index contributed by atoms with van der Waals surface area (Å²) in [5, 5.41) is 4.68. The predicted octanol–water partition coefficient (Wildman–Crippen LogP) is 2.41. The predicted molar refractivity (Wildman–Crippen MR) is 50.0 cm³/mol. The number of fused-ring (bicyclic) bond motifs is 1. The van der Waals surface area contributed by atoms with Crippen LogP contribution in [0.1, 0.15) is 12.6 Å². The van der Waals surface area contributed by atoms with Gasteiger partial charge < -0.3 is 0 Å². The first-order chi connectivity index (χ1) is 6.63. The van der Waals surface area contributed by atoms with Gasteiger partial charge in [0.25, 0.3) is 0 Å². The van der Waals surface area contributed by atoms with E-state index in [1.54, 1.807) is 7.05 Å². The Balaban J connectivity index is 2.89. The first-order valence-corrected chi connectivity index (χ1v) is 4.44. The minimum atomic E-state index is -0.560. The van der Waals surface area contributed by atoms with Gasteiger partial charge in [-0.05, 0) is 12.5 Å². The third-order valence-electron chi connectivity index (χ3n) is 2.27. The maximum Gasteiger partial charge on any atom is 0.152 e. The molecule has 1 aromatic carbocycles. The maximum absolute atomic E-state index is 13.4. The minimum absolute atomic E-state index is 0.364. The lowest BCUT2D eigenvalue weighted by Crippen LogP contribution is -1.92. The van der Waals surface area contributed by atoms with E-state index in [-0.39, 0.29) is 0 Å². The fourth-order valence-electron chi connectivity index (χ4n) is 1.66. The summed E-state index contributed by atoms with van der Waals surface area (Å²) in [6, 6.07) is 2.20. The van der Waals surface area contributed by atoms with Crippen LogP contribution < -0.4 is 0 Å². The smallest absolute Gasteiger partial charge is 0.152 e. The second kappa shape index (κ2) is 3.04. The summed E-state index contributed by atoms with van der Waals surface area (Å²) in [4.78, 5) is 0. The highest BCUT2D eigenvalue weighted by molar-refractivity contribution is 5.82. The molecule has 0 saturated carbocycles. The van der Waals surface area contributed by atoms with Gasteiger partial charge in [-0.2, -0.15) is 5.10 Å². The van der Waals surface area contributed by atoms with E-state index in [1.165, 1.54) is 10.7 Å². The third kappa shape index (κ3) is 1.18. The molecule has 0 unspecified atom stereocenters. The summed E-state index contributed by atoms with van der Waals surface area (Å²) in [6.45, 7) is 1.91. The Labute approximate surface area is 80.1 Å². The summed E-state index contributed by atoms with van der Waals surface area (Å²) in [5.74, 6) is -1.12. The SMILES string of the molecule is CCc1nn(C)c2c(F)cc(F)cc12. The van der Waals surface area contributed by atoms with Gasteiger partial charge in [-0.1, -0.05) is 6.92 Å². The Hall–Kier alpha value is -1.45. The summed E-state index contributed by atoms with van der Waals surface area (Å²) in [6.07, 6.45) is 0.667. The Morgan fingerprint density at radius 3 is 2.71 bits per heavy atom. The van der Waals surface area contributed by atoms with Crippen molar-refractivity contribution in [1.29, 1.82) is 0 Å². The normalized spacial score (nSPS) is 11.1. The van der Waals surface area contributed by atoms with E-state index < -0.39 is 11.6 Å². The van der Waals surface area contributed by atoms with E-state index in [9.17, 15) is 8.78 Å². The number of rotatable bonds is 1. The first-order valence-electron chi connectivity index (χ1n) is 4.44. The van der Waals surface area contributed by atoms with Crippen molar-refractivity contribution in [2.24, 2.45) is 7.05 Å².